The number of ketones is 1. The molecule has 0 amide bonds. The van der Waals surface area contributed by atoms with Crippen molar-refractivity contribution in [3.8, 4) is 11.5 Å². The maximum absolute atomic E-state index is 14.5. The SMILES string of the molecule is COc1c(NC2CCCC2OC=O)c2c(=O)cc(CO)c3c4c(CO)cc(=O)c5c(O)c(CC6CCCC6C(=O)O)c6c(c(c1C(C(C)=O)C(C)=C6)c23)c54. The molecule has 2 fully saturated rings. The number of nitrogens with one attached hydrogen (secondary N) is 1. The lowest BCUT2D eigenvalue weighted by atomic mass is 9.78. The summed E-state index contributed by atoms with van der Waals surface area (Å²) < 4.78 is 11.6. The summed E-state index contributed by atoms with van der Waals surface area (Å²) in [7, 11) is 1.44. The molecule has 3 aliphatic rings. The van der Waals surface area contributed by atoms with Crippen molar-refractivity contribution in [1.82, 2.24) is 0 Å². The van der Waals surface area contributed by atoms with Crippen molar-refractivity contribution in [3.05, 3.63) is 66.0 Å². The van der Waals surface area contributed by atoms with Gasteiger partial charge in [0.25, 0.3) is 6.47 Å². The van der Waals surface area contributed by atoms with Crippen molar-refractivity contribution in [2.75, 3.05) is 12.4 Å². The first kappa shape index (κ1) is 35.7. The molecule has 5 aromatic carbocycles. The van der Waals surface area contributed by atoms with Crippen LogP contribution in [0, 0.1) is 11.8 Å². The number of allylic oxidation sites excluding steroid dienone is 1. The average molecular weight is 736 g/mol. The van der Waals surface area contributed by atoms with Crippen LogP contribution in [0.3, 0.4) is 0 Å². The van der Waals surface area contributed by atoms with Crippen molar-refractivity contribution in [2.24, 2.45) is 11.8 Å². The Morgan fingerprint density at radius 3 is 2.15 bits per heavy atom. The van der Waals surface area contributed by atoms with Gasteiger partial charge in [0.1, 0.15) is 23.4 Å². The number of aliphatic hydroxyl groups excluding tert-OH is 2. The number of carboxylic acids is 1. The van der Waals surface area contributed by atoms with Gasteiger partial charge in [-0.1, -0.05) is 18.1 Å². The molecule has 5 N–H and O–H groups in total. The summed E-state index contributed by atoms with van der Waals surface area (Å²) in [5.74, 6) is -3.21. The van der Waals surface area contributed by atoms with Crippen LogP contribution in [0.5, 0.6) is 11.5 Å². The first-order valence-corrected chi connectivity index (χ1v) is 18.4. The summed E-state index contributed by atoms with van der Waals surface area (Å²) in [6, 6.07) is 2.16. The number of carboxylic acid groups (broad SMARTS) is 1. The summed E-state index contributed by atoms with van der Waals surface area (Å²) >= 11 is 0. The van der Waals surface area contributed by atoms with E-state index in [0.717, 1.165) is 6.42 Å². The van der Waals surface area contributed by atoms with Gasteiger partial charge in [-0.2, -0.15) is 0 Å². The first-order chi connectivity index (χ1) is 26.0. The minimum Gasteiger partial charge on any atom is -0.507 e. The van der Waals surface area contributed by atoms with Crippen LogP contribution in [0.2, 0.25) is 0 Å². The molecule has 5 unspecified atom stereocenters. The molecule has 8 rings (SSSR count). The van der Waals surface area contributed by atoms with Gasteiger partial charge in [-0.25, -0.2) is 0 Å². The zero-order chi connectivity index (χ0) is 38.3. The van der Waals surface area contributed by atoms with Gasteiger partial charge in [0.2, 0.25) is 0 Å². The van der Waals surface area contributed by atoms with Gasteiger partial charge < -0.3 is 35.2 Å². The zero-order valence-electron chi connectivity index (χ0n) is 30.2. The van der Waals surface area contributed by atoms with Crippen LogP contribution < -0.4 is 20.9 Å². The molecule has 0 bridgehead atoms. The molecule has 0 heterocycles. The van der Waals surface area contributed by atoms with Crippen LogP contribution in [0.15, 0.2) is 27.3 Å². The predicted molar refractivity (Wildman–Crippen MR) is 203 cm³/mol. The maximum atomic E-state index is 14.5. The van der Waals surface area contributed by atoms with Crippen molar-refractivity contribution in [1.29, 1.82) is 0 Å². The third kappa shape index (κ3) is 4.99. The number of fused-ring (bicyclic) bond motifs is 1. The number of carbonyl (C=O) groups excluding carboxylic acids is 2. The number of ether oxygens (including phenoxy) is 2. The average Bonchev–Trinajstić information content (AvgIpc) is 3.76. The van der Waals surface area contributed by atoms with Gasteiger partial charge in [-0.15, -0.1) is 0 Å². The van der Waals surface area contributed by atoms with E-state index < -0.39 is 54.0 Å². The summed E-state index contributed by atoms with van der Waals surface area (Å²) in [5, 5.41) is 50.0. The van der Waals surface area contributed by atoms with Crippen LogP contribution >= 0.6 is 0 Å². The van der Waals surface area contributed by atoms with Gasteiger partial charge in [0, 0.05) is 21.9 Å². The molecule has 0 aromatic heterocycles. The number of Topliss-reactive ketones (excluding diaryl/α,β-unsaturated/α-hetero) is 1. The number of hydrogen-bond donors (Lipinski definition) is 5. The van der Waals surface area contributed by atoms with Gasteiger partial charge in [-0.3, -0.25) is 24.0 Å². The minimum atomic E-state index is -0.934. The predicted octanol–water partition coefficient (Wildman–Crippen LogP) is 5.23. The highest BCUT2D eigenvalue weighted by molar-refractivity contribution is 6.39. The highest BCUT2D eigenvalue weighted by Crippen LogP contribution is 2.56. The number of aromatic hydroxyl groups is 1. The molecule has 12 heteroatoms. The van der Waals surface area contributed by atoms with E-state index in [2.05, 4.69) is 5.32 Å². The number of phenols is 1. The van der Waals surface area contributed by atoms with Gasteiger partial charge in [0.15, 0.2) is 10.9 Å². The van der Waals surface area contributed by atoms with E-state index >= 15 is 0 Å². The number of carbonyl (C=O) groups is 3. The second-order valence-corrected chi connectivity index (χ2v) is 15.2. The quantitative estimate of drug-likeness (QED) is 0.0674. The fourth-order valence-corrected chi connectivity index (χ4v) is 10.2. The van der Waals surface area contributed by atoms with Crippen LogP contribution in [0.1, 0.15) is 86.1 Å². The van der Waals surface area contributed by atoms with E-state index in [9.17, 15) is 44.4 Å². The van der Waals surface area contributed by atoms with E-state index in [-0.39, 0.29) is 57.2 Å². The van der Waals surface area contributed by atoms with E-state index in [0.29, 0.717) is 93.2 Å². The Hall–Kier alpha value is -5.33. The Bertz CT molecular complexity index is 2580. The first-order valence-electron chi connectivity index (χ1n) is 18.4. The lowest BCUT2D eigenvalue weighted by molar-refractivity contribution is -0.143. The fraction of sp³-hybridized carbons (Fsp3) is 0.405. The topological polar surface area (TPSA) is 197 Å². The molecule has 2 saturated carbocycles. The second kappa shape index (κ2) is 13.2. The molecule has 3 aliphatic carbocycles. The number of hydrogen-bond acceptors (Lipinski definition) is 11. The van der Waals surface area contributed by atoms with Crippen molar-refractivity contribution >= 4 is 73.1 Å². The highest BCUT2D eigenvalue weighted by atomic mass is 16.5. The number of phenolic OH excluding ortho intramolecular Hbond substituents is 1. The number of aliphatic hydroxyl groups is 2. The lowest BCUT2D eigenvalue weighted by Crippen LogP contribution is -2.31. The largest absolute Gasteiger partial charge is 0.507 e. The molecule has 0 saturated heterocycles. The van der Waals surface area contributed by atoms with E-state index in [4.69, 9.17) is 9.47 Å². The molecular weight excluding hydrogens is 694 g/mol. The van der Waals surface area contributed by atoms with Crippen LogP contribution in [0.25, 0.3) is 49.2 Å². The Balaban J connectivity index is 1.66. The molecule has 0 spiro atoms. The monoisotopic (exact) mass is 735 g/mol. The summed E-state index contributed by atoms with van der Waals surface area (Å²) in [6.45, 7) is 2.49. The maximum Gasteiger partial charge on any atom is 0.306 e. The molecule has 12 nitrogen and oxygen atoms in total. The molecule has 0 radical (unpaired) electrons. The Labute approximate surface area is 308 Å². The smallest absolute Gasteiger partial charge is 0.306 e. The Kier molecular flexibility index (Phi) is 8.73. The van der Waals surface area contributed by atoms with E-state index in [1.54, 1.807) is 6.92 Å². The molecule has 5 aromatic rings. The molecular formula is C42H41NO11. The molecule has 0 aliphatic heterocycles. The van der Waals surface area contributed by atoms with Gasteiger partial charge in [0.05, 0.1) is 54.7 Å². The Morgan fingerprint density at radius 2 is 1.54 bits per heavy atom. The molecule has 280 valence electrons. The highest BCUT2D eigenvalue weighted by Gasteiger charge is 2.40. The van der Waals surface area contributed by atoms with E-state index in [1.807, 2.05) is 6.08 Å². The standard InChI is InChI=1S/C42H41NO11/c1-17-10-23-24(11-19-6-4-7-22(19)42(51)52)40(50)34-27(49)13-21(15-45)30-31-20(14-44)12-26(48)33-36(31)37(32(23)35(30)34)38(29(17)18(2)47)41(53-3)39(33)43-25-8-5-9-28(25)54-16-46/h10,12-13,16,19,22,25,28-29,43-45,50H,4-9,11,14-15H2,1-3H3,(H,51,52). The molecule has 54 heavy (non-hydrogen) atoms. The lowest BCUT2D eigenvalue weighted by Gasteiger charge is -2.29. The normalized spacial score (nSPS) is 22.4. The summed E-state index contributed by atoms with van der Waals surface area (Å²) in [5.41, 5.74) is 1.57. The van der Waals surface area contributed by atoms with Crippen molar-refractivity contribution in [2.45, 2.75) is 90.1 Å². The van der Waals surface area contributed by atoms with Crippen LogP contribution in [0.4, 0.5) is 5.69 Å². The van der Waals surface area contributed by atoms with Crippen LogP contribution in [-0.2, 0) is 38.8 Å². The number of methoxy groups -OCH3 is 1. The summed E-state index contributed by atoms with van der Waals surface area (Å²) in [4.78, 5) is 66.4. The third-order valence-corrected chi connectivity index (χ3v) is 12.4. The van der Waals surface area contributed by atoms with Gasteiger partial charge in [-0.05, 0) is 109 Å². The third-order valence-electron chi connectivity index (χ3n) is 12.4. The number of rotatable bonds is 11. The van der Waals surface area contributed by atoms with Crippen molar-refractivity contribution < 1.29 is 44.3 Å². The van der Waals surface area contributed by atoms with Gasteiger partial charge >= 0.3 is 5.97 Å². The number of aliphatic carboxylic acids is 1. The summed E-state index contributed by atoms with van der Waals surface area (Å²) in [6.07, 6.45) is 5.16. The number of anilines is 1. The Morgan fingerprint density at radius 1 is 0.889 bits per heavy atom. The molecule has 5 atom stereocenters. The zero-order valence-corrected chi connectivity index (χ0v) is 30.2. The fourth-order valence-electron chi connectivity index (χ4n) is 10.2. The minimum absolute atomic E-state index is 0.0334. The van der Waals surface area contributed by atoms with E-state index in [1.165, 1.54) is 26.2 Å². The van der Waals surface area contributed by atoms with Crippen LogP contribution in [-0.4, -0.2) is 57.9 Å². The van der Waals surface area contributed by atoms with Crippen molar-refractivity contribution in [3.63, 3.8) is 0 Å². The number of benzene rings is 5. The second-order valence-electron chi connectivity index (χ2n) is 15.2.